The van der Waals surface area contributed by atoms with E-state index in [4.69, 9.17) is 0 Å². The van der Waals surface area contributed by atoms with Crippen molar-refractivity contribution in [3.8, 4) is 21.8 Å². The monoisotopic (exact) mass is 282 g/mol. The highest BCUT2D eigenvalue weighted by atomic mass is 32.1. The van der Waals surface area contributed by atoms with Crippen molar-refractivity contribution >= 4 is 23.1 Å². The van der Waals surface area contributed by atoms with Gasteiger partial charge < -0.3 is 0 Å². The lowest BCUT2D eigenvalue weighted by molar-refractivity contribution is 0.628. The summed E-state index contributed by atoms with van der Waals surface area (Å²) in [4.78, 5) is 8.66. The van der Waals surface area contributed by atoms with Crippen LogP contribution >= 0.6 is 11.3 Å². The minimum absolute atomic E-state index is 0.254. The summed E-state index contributed by atoms with van der Waals surface area (Å²) in [6.07, 6.45) is 0. The summed E-state index contributed by atoms with van der Waals surface area (Å²) in [6.45, 7) is 3.60. The molecule has 0 atom stereocenters. The van der Waals surface area contributed by atoms with Crippen molar-refractivity contribution in [3.05, 3.63) is 60.4 Å². The van der Waals surface area contributed by atoms with Crippen molar-refractivity contribution < 1.29 is 4.39 Å². The number of halogens is 1. The van der Waals surface area contributed by atoms with E-state index in [2.05, 4.69) is 16.7 Å². The Hall–Kier alpha value is -2.33. The summed E-state index contributed by atoms with van der Waals surface area (Å²) in [7, 11) is 0. The summed E-state index contributed by atoms with van der Waals surface area (Å²) < 4.78 is 13.0. The standard InChI is InChI=1S/C16H11FN2S/c1-18-16-14(11-5-3-2-4-6-11)19-15(20-16)12-7-9-13(17)10-8-12/h2-10H,1H2. The average molecular weight is 282 g/mol. The van der Waals surface area contributed by atoms with Gasteiger partial charge in [-0.25, -0.2) is 9.37 Å². The van der Waals surface area contributed by atoms with Gasteiger partial charge in [0.15, 0.2) is 0 Å². The predicted molar refractivity (Wildman–Crippen MR) is 82.2 cm³/mol. The lowest BCUT2D eigenvalue weighted by Gasteiger charge is -1.97. The topological polar surface area (TPSA) is 25.2 Å². The SMILES string of the molecule is C=Nc1sc(-c2ccc(F)cc2)nc1-c1ccccc1. The maximum atomic E-state index is 13.0. The zero-order chi connectivity index (χ0) is 13.9. The molecule has 1 aromatic heterocycles. The quantitative estimate of drug-likeness (QED) is 0.624. The second-order valence-corrected chi connectivity index (χ2v) is 5.18. The Balaban J connectivity index is 2.09. The highest BCUT2D eigenvalue weighted by Crippen LogP contribution is 2.39. The van der Waals surface area contributed by atoms with Gasteiger partial charge in [0.05, 0.1) is 0 Å². The maximum Gasteiger partial charge on any atom is 0.143 e. The summed E-state index contributed by atoms with van der Waals surface area (Å²) in [5, 5.41) is 1.58. The molecule has 0 aliphatic carbocycles. The van der Waals surface area contributed by atoms with Crippen LogP contribution in [-0.2, 0) is 0 Å². The van der Waals surface area contributed by atoms with E-state index in [0.717, 1.165) is 26.8 Å². The Morgan fingerprint density at radius 1 is 0.950 bits per heavy atom. The van der Waals surface area contributed by atoms with Crippen molar-refractivity contribution in [1.82, 2.24) is 4.98 Å². The number of aliphatic imine (C=N–C) groups is 1. The Morgan fingerprint density at radius 2 is 1.65 bits per heavy atom. The second kappa shape index (κ2) is 5.35. The van der Waals surface area contributed by atoms with Crippen molar-refractivity contribution in [1.29, 1.82) is 0 Å². The van der Waals surface area contributed by atoms with Crippen LogP contribution in [0.4, 0.5) is 9.39 Å². The lowest BCUT2D eigenvalue weighted by Crippen LogP contribution is -1.80. The Kier molecular flexibility index (Phi) is 3.39. The van der Waals surface area contributed by atoms with E-state index < -0.39 is 0 Å². The molecule has 0 spiro atoms. The summed E-state index contributed by atoms with van der Waals surface area (Å²) in [6, 6.07) is 16.1. The van der Waals surface area contributed by atoms with Gasteiger partial charge in [0.1, 0.15) is 21.5 Å². The molecule has 0 saturated carbocycles. The molecular formula is C16H11FN2S. The van der Waals surface area contributed by atoms with Gasteiger partial charge in [0, 0.05) is 11.1 Å². The molecule has 0 N–H and O–H groups in total. The van der Waals surface area contributed by atoms with E-state index >= 15 is 0 Å². The van der Waals surface area contributed by atoms with E-state index in [0.29, 0.717) is 0 Å². The third-order valence-electron chi connectivity index (χ3n) is 2.89. The third-order valence-corrected chi connectivity index (χ3v) is 3.93. The van der Waals surface area contributed by atoms with E-state index in [1.54, 1.807) is 12.1 Å². The Bertz CT molecular complexity index is 733. The molecule has 0 aliphatic rings. The predicted octanol–water partition coefficient (Wildman–Crippen LogP) is 4.95. The number of hydrogen-bond donors (Lipinski definition) is 0. The van der Waals surface area contributed by atoms with E-state index in [1.165, 1.54) is 23.5 Å². The number of thiazole rings is 1. The van der Waals surface area contributed by atoms with Crippen LogP contribution in [0.3, 0.4) is 0 Å². The molecule has 3 aromatic rings. The summed E-state index contributed by atoms with van der Waals surface area (Å²) in [5.74, 6) is -0.254. The molecule has 0 amide bonds. The fourth-order valence-electron chi connectivity index (χ4n) is 1.92. The van der Waals surface area contributed by atoms with Crippen molar-refractivity contribution in [2.24, 2.45) is 4.99 Å². The van der Waals surface area contributed by atoms with Crippen molar-refractivity contribution in [3.63, 3.8) is 0 Å². The first-order valence-electron chi connectivity index (χ1n) is 6.07. The van der Waals surface area contributed by atoms with Crippen LogP contribution < -0.4 is 0 Å². The fraction of sp³-hybridized carbons (Fsp3) is 0. The molecule has 0 fully saturated rings. The van der Waals surface area contributed by atoms with Gasteiger partial charge in [-0.1, -0.05) is 41.7 Å². The molecular weight excluding hydrogens is 271 g/mol. The van der Waals surface area contributed by atoms with Gasteiger partial charge in [-0.15, -0.1) is 0 Å². The van der Waals surface area contributed by atoms with E-state index in [9.17, 15) is 4.39 Å². The molecule has 0 radical (unpaired) electrons. The Morgan fingerprint density at radius 3 is 2.30 bits per heavy atom. The molecule has 98 valence electrons. The van der Waals surface area contributed by atoms with Gasteiger partial charge in [-0.3, -0.25) is 4.99 Å². The smallest absolute Gasteiger partial charge is 0.143 e. The number of rotatable bonds is 3. The molecule has 1 heterocycles. The first kappa shape index (κ1) is 12.7. The number of hydrogen-bond acceptors (Lipinski definition) is 3. The molecule has 2 nitrogen and oxygen atoms in total. The molecule has 0 aliphatic heterocycles. The summed E-state index contributed by atoms with van der Waals surface area (Å²) in [5.41, 5.74) is 2.69. The zero-order valence-electron chi connectivity index (χ0n) is 10.6. The Labute approximate surface area is 120 Å². The minimum Gasteiger partial charge on any atom is -0.251 e. The molecule has 4 heteroatoms. The largest absolute Gasteiger partial charge is 0.251 e. The van der Waals surface area contributed by atoms with Crippen LogP contribution in [0, 0.1) is 5.82 Å². The van der Waals surface area contributed by atoms with Crippen LogP contribution in [0.25, 0.3) is 21.8 Å². The maximum absolute atomic E-state index is 13.0. The normalized spacial score (nSPS) is 10.4. The fourth-order valence-corrected chi connectivity index (χ4v) is 2.82. The van der Waals surface area contributed by atoms with Crippen molar-refractivity contribution in [2.45, 2.75) is 0 Å². The zero-order valence-corrected chi connectivity index (χ0v) is 11.4. The van der Waals surface area contributed by atoms with Crippen LogP contribution in [0.2, 0.25) is 0 Å². The van der Waals surface area contributed by atoms with Gasteiger partial charge in [-0.05, 0) is 31.0 Å². The van der Waals surface area contributed by atoms with Crippen LogP contribution in [-0.4, -0.2) is 11.7 Å². The van der Waals surface area contributed by atoms with Crippen LogP contribution in [0.5, 0.6) is 0 Å². The molecule has 3 rings (SSSR count). The molecule has 20 heavy (non-hydrogen) atoms. The van der Waals surface area contributed by atoms with Gasteiger partial charge in [0.25, 0.3) is 0 Å². The summed E-state index contributed by atoms with van der Waals surface area (Å²) >= 11 is 1.45. The number of aromatic nitrogens is 1. The number of nitrogens with zero attached hydrogens (tertiary/aromatic N) is 2. The van der Waals surface area contributed by atoms with Gasteiger partial charge in [0.2, 0.25) is 0 Å². The number of benzene rings is 2. The van der Waals surface area contributed by atoms with Crippen LogP contribution in [0.15, 0.2) is 59.6 Å². The highest BCUT2D eigenvalue weighted by Gasteiger charge is 2.13. The first-order chi connectivity index (χ1) is 9.78. The first-order valence-corrected chi connectivity index (χ1v) is 6.88. The van der Waals surface area contributed by atoms with E-state index in [-0.39, 0.29) is 5.82 Å². The highest BCUT2D eigenvalue weighted by molar-refractivity contribution is 7.19. The van der Waals surface area contributed by atoms with Crippen LogP contribution in [0.1, 0.15) is 0 Å². The minimum atomic E-state index is -0.254. The molecule has 0 bridgehead atoms. The second-order valence-electron chi connectivity index (χ2n) is 4.20. The van der Waals surface area contributed by atoms with Gasteiger partial charge in [-0.2, -0.15) is 0 Å². The molecule has 0 unspecified atom stereocenters. The van der Waals surface area contributed by atoms with Gasteiger partial charge >= 0.3 is 0 Å². The third kappa shape index (κ3) is 2.38. The van der Waals surface area contributed by atoms with E-state index in [1.807, 2.05) is 30.3 Å². The molecule has 0 saturated heterocycles. The lowest BCUT2D eigenvalue weighted by atomic mass is 10.1. The van der Waals surface area contributed by atoms with Crippen molar-refractivity contribution in [2.75, 3.05) is 0 Å². The average Bonchev–Trinajstić information content (AvgIpc) is 2.93. The molecule has 2 aromatic carbocycles.